The van der Waals surface area contributed by atoms with Crippen molar-refractivity contribution in [2.45, 2.75) is 6.92 Å². The van der Waals surface area contributed by atoms with E-state index in [0.717, 1.165) is 5.56 Å². The molecule has 0 aliphatic heterocycles. The number of para-hydroxylation sites is 1. The number of aryl methyl sites for hydroxylation is 1. The minimum Gasteiger partial charge on any atom is -0.497 e. The van der Waals surface area contributed by atoms with Gasteiger partial charge in [0.15, 0.2) is 6.61 Å². The summed E-state index contributed by atoms with van der Waals surface area (Å²) >= 11 is 0. The first-order valence-corrected chi connectivity index (χ1v) is 10.3. The number of ether oxygens (including phenoxy) is 2. The SMILES string of the molecule is COc1ccc(NC(=O)C(=O)N/N=C\c2ccccc2OCC(=O)Nc2cccc(C)c2)cc1. The van der Waals surface area contributed by atoms with Gasteiger partial charge in [0.2, 0.25) is 0 Å². The largest absolute Gasteiger partial charge is 0.497 e. The minimum atomic E-state index is -0.942. The van der Waals surface area contributed by atoms with Crippen molar-refractivity contribution in [2.75, 3.05) is 24.4 Å². The van der Waals surface area contributed by atoms with Crippen LogP contribution < -0.4 is 25.5 Å². The number of hydrazone groups is 1. The molecule has 9 nitrogen and oxygen atoms in total. The first kappa shape index (κ1) is 24.0. The van der Waals surface area contributed by atoms with Gasteiger partial charge in [-0.1, -0.05) is 24.3 Å². The monoisotopic (exact) mass is 460 g/mol. The van der Waals surface area contributed by atoms with Gasteiger partial charge >= 0.3 is 11.8 Å². The summed E-state index contributed by atoms with van der Waals surface area (Å²) in [5, 5.41) is 9.03. The fourth-order valence-electron chi connectivity index (χ4n) is 2.86. The molecule has 0 aliphatic rings. The second-order valence-electron chi connectivity index (χ2n) is 7.13. The van der Waals surface area contributed by atoms with Crippen molar-refractivity contribution in [3.05, 3.63) is 83.9 Å². The summed E-state index contributed by atoms with van der Waals surface area (Å²) < 4.78 is 10.6. The zero-order valence-corrected chi connectivity index (χ0v) is 18.7. The second-order valence-corrected chi connectivity index (χ2v) is 7.13. The molecule has 34 heavy (non-hydrogen) atoms. The number of rotatable bonds is 8. The Balaban J connectivity index is 1.52. The van der Waals surface area contributed by atoms with E-state index < -0.39 is 11.8 Å². The average molecular weight is 460 g/mol. The number of nitrogens with zero attached hydrogens (tertiary/aromatic N) is 1. The quantitative estimate of drug-likeness (QED) is 0.271. The van der Waals surface area contributed by atoms with Crippen LogP contribution in [0.3, 0.4) is 0 Å². The van der Waals surface area contributed by atoms with Crippen LogP contribution in [-0.4, -0.2) is 37.7 Å². The predicted octanol–water partition coefficient (Wildman–Crippen LogP) is 3.11. The molecular weight excluding hydrogens is 436 g/mol. The van der Waals surface area contributed by atoms with Gasteiger partial charge in [-0.15, -0.1) is 0 Å². The third-order valence-electron chi connectivity index (χ3n) is 4.50. The molecule has 0 fully saturated rings. The van der Waals surface area contributed by atoms with Crippen molar-refractivity contribution in [1.82, 2.24) is 5.43 Å². The summed E-state index contributed by atoms with van der Waals surface area (Å²) in [5.41, 5.74) is 4.82. The number of carbonyl (C=O) groups is 3. The van der Waals surface area contributed by atoms with Crippen molar-refractivity contribution >= 4 is 35.3 Å². The van der Waals surface area contributed by atoms with Crippen molar-refractivity contribution in [1.29, 1.82) is 0 Å². The van der Waals surface area contributed by atoms with Crippen LogP contribution >= 0.6 is 0 Å². The third kappa shape index (κ3) is 7.20. The topological polar surface area (TPSA) is 118 Å². The van der Waals surface area contributed by atoms with Gasteiger partial charge in [-0.25, -0.2) is 5.43 Å². The molecule has 3 aromatic carbocycles. The van der Waals surface area contributed by atoms with Gasteiger partial charge in [0.05, 0.1) is 13.3 Å². The molecule has 0 unspecified atom stereocenters. The first-order valence-electron chi connectivity index (χ1n) is 10.3. The van der Waals surface area contributed by atoms with E-state index in [1.807, 2.05) is 25.1 Å². The van der Waals surface area contributed by atoms with Crippen LogP contribution in [0.2, 0.25) is 0 Å². The zero-order valence-electron chi connectivity index (χ0n) is 18.7. The Morgan fingerprint density at radius 1 is 0.882 bits per heavy atom. The Kier molecular flexibility index (Phi) is 8.34. The average Bonchev–Trinajstić information content (AvgIpc) is 2.84. The third-order valence-corrected chi connectivity index (χ3v) is 4.50. The summed E-state index contributed by atoms with van der Waals surface area (Å²) in [6, 6.07) is 20.8. The first-order chi connectivity index (χ1) is 16.4. The van der Waals surface area contributed by atoms with Gasteiger partial charge < -0.3 is 20.1 Å². The molecule has 0 saturated heterocycles. The summed E-state index contributed by atoms with van der Waals surface area (Å²) in [6.45, 7) is 1.72. The van der Waals surface area contributed by atoms with Crippen LogP contribution in [0.5, 0.6) is 11.5 Å². The highest BCUT2D eigenvalue weighted by Gasteiger charge is 2.13. The molecule has 0 aliphatic carbocycles. The molecule has 3 N–H and O–H groups in total. The van der Waals surface area contributed by atoms with Crippen molar-refractivity contribution in [2.24, 2.45) is 5.10 Å². The fraction of sp³-hybridized carbons (Fsp3) is 0.120. The maximum Gasteiger partial charge on any atom is 0.329 e. The molecule has 0 saturated carbocycles. The maximum atomic E-state index is 12.2. The van der Waals surface area contributed by atoms with Crippen molar-refractivity contribution in [3.63, 3.8) is 0 Å². The molecule has 3 amide bonds. The van der Waals surface area contributed by atoms with E-state index in [2.05, 4.69) is 21.2 Å². The number of anilines is 2. The minimum absolute atomic E-state index is 0.213. The van der Waals surface area contributed by atoms with Crippen LogP contribution in [0, 0.1) is 6.92 Å². The van der Waals surface area contributed by atoms with E-state index in [1.54, 1.807) is 54.6 Å². The number of hydrogen-bond donors (Lipinski definition) is 3. The number of carbonyl (C=O) groups excluding carboxylic acids is 3. The highest BCUT2D eigenvalue weighted by molar-refractivity contribution is 6.39. The highest BCUT2D eigenvalue weighted by atomic mass is 16.5. The fourth-order valence-corrected chi connectivity index (χ4v) is 2.86. The highest BCUT2D eigenvalue weighted by Crippen LogP contribution is 2.17. The van der Waals surface area contributed by atoms with Crippen molar-refractivity contribution in [3.8, 4) is 11.5 Å². The molecule has 3 rings (SSSR count). The van der Waals surface area contributed by atoms with Crippen LogP contribution in [-0.2, 0) is 14.4 Å². The van der Waals surface area contributed by atoms with Gasteiger partial charge in [-0.05, 0) is 61.0 Å². The summed E-state index contributed by atoms with van der Waals surface area (Å²) in [7, 11) is 1.53. The molecule has 174 valence electrons. The standard InChI is InChI=1S/C25H24N4O5/c1-17-6-5-8-20(14-17)27-23(30)16-34-22-9-4-3-7-18(22)15-26-29-25(32)24(31)28-19-10-12-21(33-2)13-11-19/h3-15H,16H2,1-2H3,(H,27,30)(H,28,31)(H,29,32)/b26-15-. The molecule has 0 spiro atoms. The molecule has 9 heteroatoms. The Labute approximate surface area is 196 Å². The normalized spacial score (nSPS) is 10.4. The van der Waals surface area contributed by atoms with E-state index in [4.69, 9.17) is 9.47 Å². The zero-order chi connectivity index (χ0) is 24.3. The van der Waals surface area contributed by atoms with Crippen LogP contribution in [0.4, 0.5) is 11.4 Å². The lowest BCUT2D eigenvalue weighted by molar-refractivity contribution is -0.136. The van der Waals surface area contributed by atoms with Crippen LogP contribution in [0.25, 0.3) is 0 Å². The lowest BCUT2D eigenvalue weighted by Gasteiger charge is -2.10. The van der Waals surface area contributed by atoms with Gasteiger partial charge in [-0.2, -0.15) is 5.10 Å². The molecule has 0 atom stereocenters. The smallest absolute Gasteiger partial charge is 0.329 e. The van der Waals surface area contributed by atoms with E-state index in [-0.39, 0.29) is 12.5 Å². The number of hydrogen-bond acceptors (Lipinski definition) is 6. The van der Waals surface area contributed by atoms with Crippen LogP contribution in [0.15, 0.2) is 77.9 Å². The second kappa shape index (κ2) is 11.8. The Morgan fingerprint density at radius 2 is 1.65 bits per heavy atom. The molecule has 0 radical (unpaired) electrons. The van der Waals surface area contributed by atoms with E-state index in [9.17, 15) is 14.4 Å². The molecule has 3 aromatic rings. The summed E-state index contributed by atoms with van der Waals surface area (Å²) in [5.74, 6) is -1.12. The lowest BCUT2D eigenvalue weighted by Crippen LogP contribution is -2.32. The van der Waals surface area contributed by atoms with Gasteiger partial charge in [0.25, 0.3) is 5.91 Å². The molecule has 0 aromatic heterocycles. The number of benzene rings is 3. The predicted molar refractivity (Wildman–Crippen MR) is 129 cm³/mol. The van der Waals surface area contributed by atoms with E-state index in [1.165, 1.54) is 13.3 Å². The van der Waals surface area contributed by atoms with Crippen LogP contribution in [0.1, 0.15) is 11.1 Å². The molecular formula is C25H24N4O5. The molecule has 0 bridgehead atoms. The molecule has 0 heterocycles. The van der Waals surface area contributed by atoms with Gasteiger partial charge in [-0.3, -0.25) is 14.4 Å². The summed E-state index contributed by atoms with van der Waals surface area (Å²) in [4.78, 5) is 36.2. The Bertz CT molecular complexity index is 1190. The summed E-state index contributed by atoms with van der Waals surface area (Å²) in [6.07, 6.45) is 1.33. The number of methoxy groups -OCH3 is 1. The maximum absolute atomic E-state index is 12.2. The number of amides is 3. The number of nitrogens with one attached hydrogen (secondary N) is 3. The van der Waals surface area contributed by atoms with Gasteiger partial charge in [0, 0.05) is 16.9 Å². The Hall–Kier alpha value is -4.66. The Morgan fingerprint density at radius 3 is 2.38 bits per heavy atom. The van der Waals surface area contributed by atoms with E-state index in [0.29, 0.717) is 28.4 Å². The van der Waals surface area contributed by atoms with Gasteiger partial charge in [0.1, 0.15) is 11.5 Å². The van der Waals surface area contributed by atoms with Crippen molar-refractivity contribution < 1.29 is 23.9 Å². The van der Waals surface area contributed by atoms with E-state index >= 15 is 0 Å². The lowest BCUT2D eigenvalue weighted by atomic mass is 10.2.